The lowest BCUT2D eigenvalue weighted by Gasteiger charge is -2.22. The van der Waals surface area contributed by atoms with Crippen molar-refractivity contribution in [2.45, 2.75) is 26.7 Å². The van der Waals surface area contributed by atoms with E-state index in [1.165, 1.54) is 6.92 Å². The minimum atomic E-state index is -0.00340. The predicted octanol–water partition coefficient (Wildman–Crippen LogP) is 4.69. The average molecular weight is 473 g/mol. The van der Waals surface area contributed by atoms with E-state index in [4.69, 9.17) is 28.4 Å². The molecule has 0 atom stereocenters. The van der Waals surface area contributed by atoms with E-state index < -0.39 is 0 Å². The van der Waals surface area contributed by atoms with Crippen LogP contribution in [0.2, 0.25) is 0 Å². The van der Waals surface area contributed by atoms with Gasteiger partial charge in [0.25, 0.3) is 0 Å². The van der Waals surface area contributed by atoms with Gasteiger partial charge in [0.1, 0.15) is 11.5 Å². The smallest absolute Gasteiger partial charge is 0.188 e. The summed E-state index contributed by atoms with van der Waals surface area (Å²) >= 11 is 0. The molecule has 7 nitrogen and oxygen atoms in total. The Morgan fingerprint density at radius 2 is 1.62 bits per heavy atom. The van der Waals surface area contributed by atoms with Crippen LogP contribution in [0.15, 0.2) is 36.4 Å². The molecule has 0 aliphatic heterocycles. The van der Waals surface area contributed by atoms with Crippen LogP contribution >= 0.6 is 0 Å². The summed E-state index contributed by atoms with van der Waals surface area (Å²) in [5.74, 6) is 1.35. The second-order valence-corrected chi connectivity index (χ2v) is 7.58. The third-order valence-corrected chi connectivity index (χ3v) is 5.10. The van der Waals surface area contributed by atoms with Crippen LogP contribution < -0.4 is 9.47 Å². The standard InChI is InChI=1S/C27H36O7/c1-6-23-24(12-13-32-15-14-29-3)27(22-9-7-8-21(16-22)11-10-20(2)28)26(34-19-31-5)17-25(23)33-18-30-4/h7-11,16-17H,6,12-15,18-19H2,1-5H3/b11-10+. The van der Waals surface area contributed by atoms with E-state index in [9.17, 15) is 4.79 Å². The lowest BCUT2D eigenvalue weighted by atomic mass is 9.90. The summed E-state index contributed by atoms with van der Waals surface area (Å²) in [7, 11) is 4.83. The monoisotopic (exact) mass is 472 g/mol. The van der Waals surface area contributed by atoms with Crippen molar-refractivity contribution in [2.75, 3.05) is 54.7 Å². The number of ether oxygens (including phenoxy) is 6. The summed E-state index contributed by atoms with van der Waals surface area (Å²) < 4.78 is 33.1. The number of benzene rings is 2. The van der Waals surface area contributed by atoms with Crippen molar-refractivity contribution < 1.29 is 33.2 Å². The molecule has 2 aromatic carbocycles. The highest BCUT2D eigenvalue weighted by Crippen LogP contribution is 2.41. The van der Waals surface area contributed by atoms with Crippen molar-refractivity contribution in [1.29, 1.82) is 0 Å². The zero-order chi connectivity index (χ0) is 24.8. The lowest BCUT2D eigenvalue weighted by molar-refractivity contribution is -0.112. The molecule has 2 rings (SSSR count). The first-order chi connectivity index (χ1) is 16.5. The van der Waals surface area contributed by atoms with Gasteiger partial charge in [-0.1, -0.05) is 31.2 Å². The predicted molar refractivity (Wildman–Crippen MR) is 132 cm³/mol. The topological polar surface area (TPSA) is 72.5 Å². The molecule has 0 saturated carbocycles. The quantitative estimate of drug-likeness (QED) is 0.199. The van der Waals surface area contributed by atoms with Crippen LogP contribution in [0.3, 0.4) is 0 Å². The zero-order valence-electron chi connectivity index (χ0n) is 20.8. The summed E-state index contributed by atoms with van der Waals surface area (Å²) in [5, 5.41) is 0. The number of hydrogen-bond donors (Lipinski definition) is 0. The molecule has 0 saturated heterocycles. The van der Waals surface area contributed by atoms with Crippen LogP contribution in [0.1, 0.15) is 30.5 Å². The molecular formula is C27H36O7. The Bertz CT molecular complexity index is 937. The van der Waals surface area contributed by atoms with Crippen LogP contribution in [0.4, 0.5) is 0 Å². The van der Waals surface area contributed by atoms with Gasteiger partial charge in [0, 0.05) is 33.0 Å². The van der Waals surface area contributed by atoms with E-state index in [1.54, 1.807) is 27.4 Å². The summed E-state index contributed by atoms with van der Waals surface area (Å²) in [5.41, 5.74) is 4.98. The SMILES string of the molecule is CCc1c(OCOC)cc(OCOC)c(-c2cccc(/C=C/C(C)=O)c2)c1CCOCCOC. The van der Waals surface area contributed by atoms with E-state index in [2.05, 4.69) is 6.92 Å². The third-order valence-electron chi connectivity index (χ3n) is 5.10. The van der Waals surface area contributed by atoms with Gasteiger partial charge in [-0.3, -0.25) is 4.79 Å². The van der Waals surface area contributed by atoms with Gasteiger partial charge in [-0.2, -0.15) is 0 Å². The van der Waals surface area contributed by atoms with Crippen molar-refractivity contribution in [3.63, 3.8) is 0 Å². The van der Waals surface area contributed by atoms with Crippen LogP contribution in [0.25, 0.3) is 17.2 Å². The van der Waals surface area contributed by atoms with Gasteiger partial charge in [-0.25, -0.2) is 0 Å². The number of hydrogen-bond acceptors (Lipinski definition) is 7. The number of methoxy groups -OCH3 is 3. The van der Waals surface area contributed by atoms with Crippen molar-refractivity contribution in [3.8, 4) is 22.6 Å². The molecule has 0 aliphatic carbocycles. The lowest BCUT2D eigenvalue weighted by Crippen LogP contribution is -2.11. The molecule has 0 fully saturated rings. The van der Waals surface area contributed by atoms with Gasteiger partial charge in [0.15, 0.2) is 19.4 Å². The Morgan fingerprint density at radius 3 is 2.26 bits per heavy atom. The number of rotatable bonds is 16. The van der Waals surface area contributed by atoms with Crippen LogP contribution in [0.5, 0.6) is 11.5 Å². The summed E-state index contributed by atoms with van der Waals surface area (Å²) in [6.45, 7) is 5.43. The first-order valence-corrected chi connectivity index (χ1v) is 11.3. The summed E-state index contributed by atoms with van der Waals surface area (Å²) in [6, 6.07) is 9.89. The Labute approximate surface area is 202 Å². The van der Waals surface area contributed by atoms with Gasteiger partial charge in [0.05, 0.1) is 19.8 Å². The first-order valence-electron chi connectivity index (χ1n) is 11.3. The number of ketones is 1. The molecule has 0 N–H and O–H groups in total. The number of allylic oxidation sites excluding steroid dienone is 1. The van der Waals surface area contributed by atoms with E-state index in [0.717, 1.165) is 34.2 Å². The molecule has 0 aliphatic rings. The van der Waals surface area contributed by atoms with Gasteiger partial charge in [-0.05, 0) is 54.2 Å². The minimum Gasteiger partial charge on any atom is -0.467 e. The van der Waals surface area contributed by atoms with Gasteiger partial charge in [-0.15, -0.1) is 0 Å². The molecule has 0 spiro atoms. The van der Waals surface area contributed by atoms with E-state index >= 15 is 0 Å². The van der Waals surface area contributed by atoms with Crippen molar-refractivity contribution in [2.24, 2.45) is 0 Å². The maximum Gasteiger partial charge on any atom is 0.188 e. The van der Waals surface area contributed by atoms with Crippen molar-refractivity contribution >= 4 is 11.9 Å². The van der Waals surface area contributed by atoms with Crippen molar-refractivity contribution in [3.05, 3.63) is 53.1 Å². The Morgan fingerprint density at radius 1 is 0.882 bits per heavy atom. The highest BCUT2D eigenvalue weighted by atomic mass is 16.7. The van der Waals surface area contributed by atoms with E-state index in [-0.39, 0.29) is 19.4 Å². The fourth-order valence-electron chi connectivity index (χ4n) is 3.62. The fourth-order valence-corrected chi connectivity index (χ4v) is 3.62. The Balaban J connectivity index is 2.63. The number of carbonyl (C=O) groups is 1. The van der Waals surface area contributed by atoms with Gasteiger partial charge >= 0.3 is 0 Å². The zero-order valence-corrected chi connectivity index (χ0v) is 20.8. The molecule has 0 bridgehead atoms. The highest BCUT2D eigenvalue weighted by molar-refractivity contribution is 5.91. The molecule has 0 unspecified atom stereocenters. The Kier molecular flexibility index (Phi) is 12.3. The van der Waals surface area contributed by atoms with E-state index in [0.29, 0.717) is 37.7 Å². The van der Waals surface area contributed by atoms with Gasteiger partial charge in [0.2, 0.25) is 0 Å². The van der Waals surface area contributed by atoms with Crippen LogP contribution in [-0.4, -0.2) is 60.5 Å². The number of carbonyl (C=O) groups excluding carboxylic acids is 1. The molecule has 0 radical (unpaired) electrons. The van der Waals surface area contributed by atoms with Crippen molar-refractivity contribution in [1.82, 2.24) is 0 Å². The maximum absolute atomic E-state index is 11.4. The molecule has 2 aromatic rings. The van der Waals surface area contributed by atoms with Gasteiger partial charge < -0.3 is 28.4 Å². The van der Waals surface area contributed by atoms with Crippen LogP contribution in [-0.2, 0) is 36.6 Å². The molecule has 34 heavy (non-hydrogen) atoms. The van der Waals surface area contributed by atoms with E-state index in [1.807, 2.05) is 36.4 Å². The molecule has 0 heterocycles. The second-order valence-electron chi connectivity index (χ2n) is 7.58. The summed E-state index contributed by atoms with van der Waals surface area (Å²) in [4.78, 5) is 11.4. The maximum atomic E-state index is 11.4. The normalized spacial score (nSPS) is 11.2. The minimum absolute atomic E-state index is 0.00340. The molecule has 186 valence electrons. The fraction of sp³-hybridized carbons (Fsp3) is 0.444. The second kappa shape index (κ2) is 15.2. The Hall–Kier alpha value is -2.71. The summed E-state index contributed by atoms with van der Waals surface area (Å²) in [6.07, 6.45) is 4.79. The van der Waals surface area contributed by atoms with Crippen LogP contribution in [0, 0.1) is 0 Å². The first kappa shape index (κ1) is 27.5. The largest absolute Gasteiger partial charge is 0.467 e. The average Bonchev–Trinajstić information content (AvgIpc) is 2.84. The third kappa shape index (κ3) is 8.25. The molecule has 0 aromatic heterocycles. The molecule has 7 heteroatoms. The highest BCUT2D eigenvalue weighted by Gasteiger charge is 2.21. The molecular weight excluding hydrogens is 436 g/mol. The molecule has 0 amide bonds.